The number of rotatable bonds is 0. The Kier molecular flexibility index (Phi) is 1620. The molecule has 0 saturated heterocycles. The summed E-state index contributed by atoms with van der Waals surface area (Å²) in [6, 6.07) is 0. The third-order valence-corrected chi connectivity index (χ3v) is 0. The van der Waals surface area contributed by atoms with E-state index < -0.39 is 0 Å². The minimum absolute atomic E-state index is 0. The van der Waals surface area contributed by atoms with Crippen LogP contribution in [0.25, 0.3) is 0 Å². The summed E-state index contributed by atoms with van der Waals surface area (Å²) in [4.78, 5) is 0. The standard InChI is InChI=1S/3CH3.ClH.Hf/h3*1H3;1H;/q3*-1;;+4/p-1. The Morgan fingerprint density at radius 1 is 0.600 bits per heavy atom. The summed E-state index contributed by atoms with van der Waals surface area (Å²) < 4.78 is 0. The molecule has 0 bridgehead atoms. The van der Waals surface area contributed by atoms with Gasteiger partial charge in [0.2, 0.25) is 0 Å². The van der Waals surface area contributed by atoms with E-state index in [0.717, 1.165) is 0 Å². The molecular weight excluding hydrogens is 250 g/mol. The molecule has 0 amide bonds. The summed E-state index contributed by atoms with van der Waals surface area (Å²) in [5.74, 6) is 0. The third kappa shape index (κ3) is 38.3. The molecule has 5 heavy (non-hydrogen) atoms. The van der Waals surface area contributed by atoms with Crippen molar-refractivity contribution in [3.05, 3.63) is 22.3 Å². The van der Waals surface area contributed by atoms with Gasteiger partial charge in [-0.2, -0.15) is 0 Å². The molecule has 0 unspecified atom stereocenters. The van der Waals surface area contributed by atoms with E-state index in [1.807, 2.05) is 0 Å². The monoisotopic (exact) mass is 260 g/mol. The molecule has 0 fully saturated rings. The van der Waals surface area contributed by atoms with Gasteiger partial charge in [0.05, 0.1) is 0 Å². The van der Waals surface area contributed by atoms with E-state index in [-0.39, 0.29) is 60.5 Å². The molecular formula is C3H9ClHf. The van der Waals surface area contributed by atoms with Crippen LogP contribution in [-0.2, 0) is 25.8 Å². The zero-order valence-electron chi connectivity index (χ0n) is 3.88. The molecule has 0 aliphatic rings. The first kappa shape index (κ1) is 122. The van der Waals surface area contributed by atoms with Crippen LogP contribution in [0.1, 0.15) is 0 Å². The van der Waals surface area contributed by atoms with Gasteiger partial charge in [0.1, 0.15) is 0 Å². The molecule has 0 radical (unpaired) electrons. The summed E-state index contributed by atoms with van der Waals surface area (Å²) in [7, 11) is 0. The van der Waals surface area contributed by atoms with E-state index in [0.29, 0.717) is 0 Å². The summed E-state index contributed by atoms with van der Waals surface area (Å²) in [6.45, 7) is 0. The van der Waals surface area contributed by atoms with Crippen molar-refractivity contribution in [1.82, 2.24) is 0 Å². The molecule has 0 aromatic heterocycles. The molecule has 0 aromatic carbocycles. The van der Waals surface area contributed by atoms with Gasteiger partial charge in [-0.3, -0.25) is 0 Å². The maximum absolute atomic E-state index is 0. The molecule has 0 N–H and O–H groups in total. The van der Waals surface area contributed by atoms with Crippen LogP contribution in [0.4, 0.5) is 0 Å². The largest absolute Gasteiger partial charge is 4.00 e. The van der Waals surface area contributed by atoms with Gasteiger partial charge >= 0.3 is 25.8 Å². The Balaban J connectivity index is 0. The maximum Gasteiger partial charge on any atom is 4.00 e. The molecule has 0 aromatic rings. The van der Waals surface area contributed by atoms with Crippen molar-refractivity contribution in [1.29, 1.82) is 0 Å². The average molecular weight is 259 g/mol. The summed E-state index contributed by atoms with van der Waals surface area (Å²) in [6.07, 6.45) is 0. The SMILES string of the molecule is [CH3-].[CH3-].[CH3-].[Cl-].[Hf+4]. The second-order valence-corrected chi connectivity index (χ2v) is 0. The van der Waals surface area contributed by atoms with Crippen LogP contribution >= 0.6 is 0 Å². The first-order chi connectivity index (χ1) is 0. The van der Waals surface area contributed by atoms with Gasteiger partial charge in [0.25, 0.3) is 0 Å². The van der Waals surface area contributed by atoms with Gasteiger partial charge in [0, 0.05) is 0 Å². The summed E-state index contributed by atoms with van der Waals surface area (Å²) in [5.41, 5.74) is 0. The van der Waals surface area contributed by atoms with Crippen molar-refractivity contribution in [3.8, 4) is 0 Å². The molecule has 0 saturated carbocycles. The van der Waals surface area contributed by atoms with Crippen molar-refractivity contribution < 1.29 is 38.3 Å². The maximum atomic E-state index is 0. The molecule has 32 valence electrons. The van der Waals surface area contributed by atoms with E-state index in [9.17, 15) is 0 Å². The van der Waals surface area contributed by atoms with Crippen LogP contribution in [0.15, 0.2) is 0 Å². The smallest absolute Gasteiger partial charge is 1.00 e. The zero-order valence-corrected chi connectivity index (χ0v) is 8.23. The van der Waals surface area contributed by atoms with Crippen LogP contribution < -0.4 is 12.4 Å². The molecule has 0 heterocycles. The quantitative estimate of drug-likeness (QED) is 0.361. The normalized spacial score (nSPS) is 0. The fourth-order valence-electron chi connectivity index (χ4n) is 0. The molecule has 0 atom stereocenters. The van der Waals surface area contributed by atoms with E-state index in [4.69, 9.17) is 0 Å². The fraction of sp³-hybridized carbons (Fsp3) is 0. The van der Waals surface area contributed by atoms with Gasteiger partial charge in [-0.1, -0.05) is 0 Å². The summed E-state index contributed by atoms with van der Waals surface area (Å²) in [5, 5.41) is 0. The van der Waals surface area contributed by atoms with Crippen molar-refractivity contribution in [2.75, 3.05) is 0 Å². The Labute approximate surface area is 60.5 Å². The van der Waals surface area contributed by atoms with Gasteiger partial charge in [-0.15, -0.1) is 0 Å². The van der Waals surface area contributed by atoms with Crippen molar-refractivity contribution in [3.63, 3.8) is 0 Å². The van der Waals surface area contributed by atoms with Crippen LogP contribution in [0, 0.1) is 22.3 Å². The predicted molar refractivity (Wildman–Crippen MR) is 19.2 cm³/mol. The topological polar surface area (TPSA) is 0 Å². The van der Waals surface area contributed by atoms with E-state index in [1.54, 1.807) is 0 Å². The first-order valence-electron chi connectivity index (χ1n) is 0. The minimum atomic E-state index is 0. The molecule has 0 rings (SSSR count). The molecule has 2 heteroatoms. The second kappa shape index (κ2) is 66.4. The Morgan fingerprint density at radius 3 is 0.600 bits per heavy atom. The van der Waals surface area contributed by atoms with E-state index in [2.05, 4.69) is 0 Å². The van der Waals surface area contributed by atoms with Crippen LogP contribution in [0.3, 0.4) is 0 Å². The number of hydrogen-bond acceptors (Lipinski definition) is 0. The van der Waals surface area contributed by atoms with Crippen molar-refractivity contribution in [2.45, 2.75) is 0 Å². The van der Waals surface area contributed by atoms with Crippen molar-refractivity contribution >= 4 is 0 Å². The van der Waals surface area contributed by atoms with Crippen molar-refractivity contribution in [2.24, 2.45) is 0 Å². The Hall–Kier alpha value is 1.16. The molecule has 0 aliphatic heterocycles. The third-order valence-electron chi connectivity index (χ3n) is 0. The van der Waals surface area contributed by atoms with Crippen LogP contribution in [-0.4, -0.2) is 0 Å². The first-order valence-corrected chi connectivity index (χ1v) is 0. The van der Waals surface area contributed by atoms with Crippen LogP contribution in [0.2, 0.25) is 0 Å². The Bertz CT molecular complexity index is 6.85. The van der Waals surface area contributed by atoms with E-state index in [1.165, 1.54) is 0 Å². The van der Waals surface area contributed by atoms with Gasteiger partial charge in [-0.05, 0) is 0 Å². The summed E-state index contributed by atoms with van der Waals surface area (Å²) >= 11 is 0. The molecule has 0 aliphatic carbocycles. The molecule has 0 spiro atoms. The Morgan fingerprint density at radius 2 is 0.600 bits per heavy atom. The number of halogens is 1. The van der Waals surface area contributed by atoms with Gasteiger partial charge in [-0.25, -0.2) is 0 Å². The van der Waals surface area contributed by atoms with Gasteiger partial charge < -0.3 is 34.7 Å². The van der Waals surface area contributed by atoms with Gasteiger partial charge in [0.15, 0.2) is 0 Å². The van der Waals surface area contributed by atoms with E-state index >= 15 is 0 Å². The molecule has 0 nitrogen and oxygen atoms in total. The van der Waals surface area contributed by atoms with Crippen LogP contribution in [0.5, 0.6) is 0 Å². The second-order valence-electron chi connectivity index (χ2n) is 0. The fourth-order valence-corrected chi connectivity index (χ4v) is 0. The average Bonchev–Trinajstić information content (AvgIpc) is 0. The zero-order chi connectivity index (χ0) is 0. The number of hydrogen-bond donors (Lipinski definition) is 0. The predicted octanol–water partition coefficient (Wildman–Crippen LogP) is -1.65. The minimum Gasteiger partial charge on any atom is -1.00 e.